The van der Waals surface area contributed by atoms with Gasteiger partial charge < -0.3 is 14.3 Å². The van der Waals surface area contributed by atoms with Crippen LogP contribution in [0, 0.1) is 0 Å². The lowest BCUT2D eigenvalue weighted by atomic mass is 10.3. The van der Waals surface area contributed by atoms with Crippen LogP contribution in [0.5, 0.6) is 0 Å². The van der Waals surface area contributed by atoms with E-state index in [1.54, 1.807) is 23.7 Å². The van der Waals surface area contributed by atoms with Crippen molar-refractivity contribution >= 4 is 56.8 Å². The third-order valence-corrected chi connectivity index (χ3v) is 5.00. The number of nitrogens with one attached hydrogen (secondary N) is 1. The number of carbonyl (C=O) groups is 1. The van der Waals surface area contributed by atoms with Crippen LogP contribution in [0.1, 0.15) is 18.1 Å². The molecule has 4 rings (SSSR count). The summed E-state index contributed by atoms with van der Waals surface area (Å²) in [6.45, 7) is 0. The molecule has 0 unspecified atom stereocenters. The topological polar surface area (TPSA) is 120 Å². The Morgan fingerprint density at radius 1 is 1.33 bits per heavy atom. The lowest BCUT2D eigenvalue weighted by Crippen LogP contribution is -2.12. The van der Waals surface area contributed by atoms with Gasteiger partial charge in [-0.1, -0.05) is 39.9 Å². The fraction of sp³-hybridized carbons (Fsp3) is 0.200. The molecule has 12 heteroatoms. The van der Waals surface area contributed by atoms with E-state index in [-0.39, 0.29) is 12.3 Å². The number of fused-ring (bicyclic) bond motifs is 1. The maximum absolute atomic E-state index is 11.8. The number of benzene rings is 1. The van der Waals surface area contributed by atoms with Crippen molar-refractivity contribution in [3.8, 4) is 0 Å². The highest BCUT2D eigenvalue weighted by atomic mass is 35.5. The number of aryl methyl sites for hydroxylation is 1. The number of nitrogens with zero attached hydrogens (tertiary/aromatic N) is 5. The molecule has 4 aromatic rings. The van der Waals surface area contributed by atoms with E-state index in [1.165, 1.54) is 23.1 Å². The molecule has 9 nitrogen and oxygen atoms in total. The molecule has 0 saturated carbocycles. The minimum atomic E-state index is -0.189. The van der Waals surface area contributed by atoms with Gasteiger partial charge in [0.25, 0.3) is 5.22 Å². The standard InChI is InChI=1S/C15H11ClN6O3S2/c16-8-1-2-10-9(5-8)18-15(24-10)26-6-11-19-13(25-22-11)4-3-12(23)20-14-21-17-7-27-14/h1-2,5,7H,3-4,6H2,(H,20,21,23). The molecule has 0 aliphatic carbocycles. The monoisotopic (exact) mass is 422 g/mol. The van der Waals surface area contributed by atoms with Gasteiger partial charge in [-0.05, 0) is 18.2 Å². The van der Waals surface area contributed by atoms with Crippen LogP contribution in [-0.4, -0.2) is 31.2 Å². The lowest BCUT2D eigenvalue weighted by Gasteiger charge is -1.97. The quantitative estimate of drug-likeness (QED) is 0.445. The van der Waals surface area contributed by atoms with Crippen LogP contribution in [0.15, 0.2) is 37.9 Å². The van der Waals surface area contributed by atoms with E-state index in [0.29, 0.717) is 50.4 Å². The third-order valence-electron chi connectivity index (χ3n) is 3.34. The van der Waals surface area contributed by atoms with Crippen LogP contribution < -0.4 is 5.32 Å². The fourth-order valence-corrected chi connectivity index (χ4v) is 3.46. The number of hydrogen-bond acceptors (Lipinski definition) is 10. The van der Waals surface area contributed by atoms with Crippen LogP contribution in [0.4, 0.5) is 5.13 Å². The number of amides is 1. The summed E-state index contributed by atoms with van der Waals surface area (Å²) in [6.07, 6.45) is 0.546. The maximum atomic E-state index is 11.8. The molecule has 0 radical (unpaired) electrons. The molecule has 0 aliphatic rings. The first kappa shape index (κ1) is 17.9. The second-order valence-electron chi connectivity index (χ2n) is 5.28. The summed E-state index contributed by atoms with van der Waals surface area (Å²) in [5.74, 6) is 1.13. The highest BCUT2D eigenvalue weighted by Crippen LogP contribution is 2.27. The van der Waals surface area contributed by atoms with E-state index >= 15 is 0 Å². The Labute approximate surface area is 165 Å². The minimum Gasteiger partial charge on any atom is -0.431 e. The molecule has 27 heavy (non-hydrogen) atoms. The zero-order chi connectivity index (χ0) is 18.6. The number of aromatic nitrogens is 5. The molecule has 3 heterocycles. The van der Waals surface area contributed by atoms with Crippen molar-refractivity contribution in [2.24, 2.45) is 0 Å². The maximum Gasteiger partial charge on any atom is 0.257 e. The molecule has 0 spiro atoms. The molecule has 1 aromatic carbocycles. The van der Waals surface area contributed by atoms with E-state index in [9.17, 15) is 4.79 Å². The highest BCUT2D eigenvalue weighted by Gasteiger charge is 2.13. The van der Waals surface area contributed by atoms with Crippen molar-refractivity contribution in [1.29, 1.82) is 0 Å². The van der Waals surface area contributed by atoms with Crippen molar-refractivity contribution in [3.05, 3.63) is 40.4 Å². The Kier molecular flexibility index (Phi) is 5.32. The van der Waals surface area contributed by atoms with Gasteiger partial charge in [0.2, 0.25) is 16.9 Å². The first-order valence-electron chi connectivity index (χ1n) is 7.72. The summed E-state index contributed by atoms with van der Waals surface area (Å²) in [7, 11) is 0. The van der Waals surface area contributed by atoms with Crippen molar-refractivity contribution in [2.45, 2.75) is 23.8 Å². The van der Waals surface area contributed by atoms with Gasteiger partial charge in [0, 0.05) is 17.9 Å². The second-order valence-corrected chi connectivity index (χ2v) is 7.47. The number of rotatable bonds is 7. The molecular weight excluding hydrogens is 412 g/mol. The van der Waals surface area contributed by atoms with Gasteiger partial charge in [-0.25, -0.2) is 4.98 Å². The number of hydrogen-bond donors (Lipinski definition) is 1. The Balaban J connectivity index is 1.29. The summed E-state index contributed by atoms with van der Waals surface area (Å²) in [5, 5.41) is 15.5. The SMILES string of the molecule is O=C(CCc1nc(CSc2nc3cc(Cl)ccc3o2)no1)Nc1nncs1. The normalized spacial score (nSPS) is 11.1. The Morgan fingerprint density at radius 2 is 2.26 bits per heavy atom. The lowest BCUT2D eigenvalue weighted by molar-refractivity contribution is -0.116. The molecule has 0 saturated heterocycles. The molecule has 1 N–H and O–H groups in total. The van der Waals surface area contributed by atoms with Gasteiger partial charge >= 0.3 is 0 Å². The number of thioether (sulfide) groups is 1. The summed E-state index contributed by atoms with van der Waals surface area (Å²) >= 11 is 8.54. The average Bonchev–Trinajstić information content (AvgIpc) is 3.38. The van der Waals surface area contributed by atoms with Crippen LogP contribution in [0.3, 0.4) is 0 Å². The van der Waals surface area contributed by atoms with E-state index in [2.05, 4.69) is 30.6 Å². The molecule has 0 fully saturated rings. The Hall–Kier alpha value is -2.50. The van der Waals surface area contributed by atoms with E-state index < -0.39 is 0 Å². The predicted octanol–water partition coefficient (Wildman–Crippen LogP) is 3.58. The number of oxazole rings is 1. The van der Waals surface area contributed by atoms with Gasteiger partial charge in [-0.15, -0.1) is 10.2 Å². The first-order valence-corrected chi connectivity index (χ1v) is 9.96. The highest BCUT2D eigenvalue weighted by molar-refractivity contribution is 7.98. The van der Waals surface area contributed by atoms with Gasteiger partial charge in [-0.2, -0.15) is 4.98 Å². The Morgan fingerprint density at radius 3 is 3.11 bits per heavy atom. The summed E-state index contributed by atoms with van der Waals surface area (Å²) in [5.41, 5.74) is 2.90. The molecule has 3 aromatic heterocycles. The van der Waals surface area contributed by atoms with E-state index in [4.69, 9.17) is 20.5 Å². The molecule has 0 bridgehead atoms. The Bertz CT molecular complexity index is 1060. The van der Waals surface area contributed by atoms with Crippen molar-refractivity contribution in [2.75, 3.05) is 5.32 Å². The average molecular weight is 423 g/mol. The molecule has 1 amide bonds. The predicted molar refractivity (Wildman–Crippen MR) is 99.7 cm³/mol. The smallest absolute Gasteiger partial charge is 0.257 e. The van der Waals surface area contributed by atoms with Crippen LogP contribution in [0.2, 0.25) is 5.02 Å². The second kappa shape index (κ2) is 8.03. The first-order chi connectivity index (χ1) is 13.2. The van der Waals surface area contributed by atoms with Crippen LogP contribution in [-0.2, 0) is 17.0 Å². The van der Waals surface area contributed by atoms with Gasteiger partial charge in [0.1, 0.15) is 11.0 Å². The molecule has 0 aliphatic heterocycles. The number of carbonyl (C=O) groups excluding carboxylic acids is 1. The minimum absolute atomic E-state index is 0.189. The van der Waals surface area contributed by atoms with Crippen molar-refractivity contribution in [3.63, 3.8) is 0 Å². The summed E-state index contributed by atoms with van der Waals surface area (Å²) in [6, 6.07) is 5.26. The van der Waals surface area contributed by atoms with Gasteiger partial charge in [-0.3, -0.25) is 4.79 Å². The molecule has 0 atom stereocenters. The zero-order valence-corrected chi connectivity index (χ0v) is 16.0. The fourth-order valence-electron chi connectivity index (χ4n) is 2.15. The molecular formula is C15H11ClN6O3S2. The van der Waals surface area contributed by atoms with Crippen molar-refractivity contribution in [1.82, 2.24) is 25.3 Å². The summed E-state index contributed by atoms with van der Waals surface area (Å²) < 4.78 is 10.8. The zero-order valence-electron chi connectivity index (χ0n) is 13.6. The van der Waals surface area contributed by atoms with Gasteiger partial charge in [0.15, 0.2) is 11.4 Å². The largest absolute Gasteiger partial charge is 0.431 e. The summed E-state index contributed by atoms with van der Waals surface area (Å²) in [4.78, 5) is 20.4. The van der Waals surface area contributed by atoms with Crippen LogP contribution in [0.25, 0.3) is 11.1 Å². The number of anilines is 1. The van der Waals surface area contributed by atoms with Gasteiger partial charge in [0.05, 0.1) is 5.75 Å². The third kappa shape index (κ3) is 4.62. The van der Waals surface area contributed by atoms with E-state index in [1.807, 2.05) is 0 Å². The van der Waals surface area contributed by atoms with Crippen molar-refractivity contribution < 1.29 is 13.7 Å². The van der Waals surface area contributed by atoms with E-state index in [0.717, 1.165) is 0 Å². The van der Waals surface area contributed by atoms with Crippen LogP contribution >= 0.6 is 34.7 Å². The number of halogens is 1. The molecule has 138 valence electrons.